The van der Waals surface area contributed by atoms with Gasteiger partial charge in [0.1, 0.15) is 11.4 Å². The van der Waals surface area contributed by atoms with E-state index in [-0.39, 0.29) is 0 Å². The zero-order valence-electron chi connectivity index (χ0n) is 13.3. The first kappa shape index (κ1) is 16.5. The summed E-state index contributed by atoms with van der Waals surface area (Å²) in [5, 5.41) is 4.24. The van der Waals surface area contributed by atoms with Crippen molar-refractivity contribution in [1.29, 1.82) is 0 Å². The molecule has 0 N–H and O–H groups in total. The number of halogens is 1. The molecule has 0 saturated carbocycles. The Morgan fingerprint density at radius 2 is 2.00 bits per heavy atom. The van der Waals surface area contributed by atoms with Crippen molar-refractivity contribution in [3.05, 3.63) is 34.6 Å². The van der Waals surface area contributed by atoms with Crippen LogP contribution in [-0.2, 0) is 4.74 Å². The minimum absolute atomic E-state index is 0.491. The van der Waals surface area contributed by atoms with Crippen LogP contribution in [0.5, 0.6) is 5.75 Å². The zero-order valence-corrected chi connectivity index (χ0v) is 14.9. The molecule has 1 aromatic heterocycles. The van der Waals surface area contributed by atoms with Gasteiger partial charge in [-0.05, 0) is 61.3 Å². The number of benzene rings is 1. The maximum Gasteiger partial charge on any atom is 0.435 e. The van der Waals surface area contributed by atoms with Gasteiger partial charge < -0.3 is 9.47 Å². The van der Waals surface area contributed by atoms with Crippen LogP contribution in [0.3, 0.4) is 0 Å². The third-order valence-corrected chi connectivity index (χ3v) is 3.56. The fourth-order valence-corrected chi connectivity index (χ4v) is 2.52. The Labute approximate surface area is 138 Å². The molecule has 0 bridgehead atoms. The SMILES string of the molecule is COc1ccc(-c2cn(C(=O)OC(C)(C)C)nc2C)cc1Br. The topological polar surface area (TPSA) is 53.4 Å². The lowest BCUT2D eigenvalue weighted by Gasteiger charge is -2.18. The summed E-state index contributed by atoms with van der Waals surface area (Å²) in [4.78, 5) is 12.1. The molecule has 0 atom stereocenters. The van der Waals surface area contributed by atoms with E-state index in [1.165, 1.54) is 4.68 Å². The number of ether oxygens (including phenoxy) is 2. The van der Waals surface area contributed by atoms with Crippen LogP contribution in [0.2, 0.25) is 0 Å². The highest BCUT2D eigenvalue weighted by Crippen LogP contribution is 2.31. The van der Waals surface area contributed by atoms with E-state index in [1.54, 1.807) is 13.3 Å². The second-order valence-electron chi connectivity index (χ2n) is 5.90. The number of carbonyl (C=O) groups is 1. The van der Waals surface area contributed by atoms with Crippen molar-refractivity contribution in [2.75, 3.05) is 7.11 Å². The van der Waals surface area contributed by atoms with Gasteiger partial charge in [0, 0.05) is 11.8 Å². The average molecular weight is 367 g/mol. The summed E-state index contributed by atoms with van der Waals surface area (Å²) in [6.07, 6.45) is 1.19. The summed E-state index contributed by atoms with van der Waals surface area (Å²) in [7, 11) is 1.62. The second-order valence-corrected chi connectivity index (χ2v) is 6.76. The first-order chi connectivity index (χ1) is 10.2. The van der Waals surface area contributed by atoms with Crippen molar-refractivity contribution < 1.29 is 14.3 Å². The molecule has 2 rings (SSSR count). The van der Waals surface area contributed by atoms with Gasteiger partial charge in [0.25, 0.3) is 0 Å². The molecule has 0 aliphatic heterocycles. The molecule has 0 radical (unpaired) electrons. The van der Waals surface area contributed by atoms with Crippen molar-refractivity contribution >= 4 is 22.0 Å². The van der Waals surface area contributed by atoms with Gasteiger partial charge >= 0.3 is 6.09 Å². The Morgan fingerprint density at radius 3 is 2.55 bits per heavy atom. The minimum Gasteiger partial charge on any atom is -0.496 e. The van der Waals surface area contributed by atoms with Gasteiger partial charge in [0.05, 0.1) is 17.3 Å². The molecule has 1 aromatic carbocycles. The summed E-state index contributed by atoms with van der Waals surface area (Å²) in [5.74, 6) is 0.751. The molecular formula is C16H19BrN2O3. The highest BCUT2D eigenvalue weighted by atomic mass is 79.9. The van der Waals surface area contributed by atoms with Gasteiger partial charge in [-0.2, -0.15) is 9.78 Å². The smallest absolute Gasteiger partial charge is 0.435 e. The summed E-state index contributed by atoms with van der Waals surface area (Å²) >= 11 is 3.46. The Bertz CT molecular complexity index is 702. The summed E-state index contributed by atoms with van der Waals surface area (Å²) in [6.45, 7) is 7.32. The normalized spacial score (nSPS) is 11.4. The summed E-state index contributed by atoms with van der Waals surface area (Å²) in [5.41, 5.74) is 2.01. The molecule has 0 aliphatic rings. The molecule has 0 amide bonds. The van der Waals surface area contributed by atoms with Crippen molar-refractivity contribution in [3.8, 4) is 16.9 Å². The van der Waals surface area contributed by atoms with Gasteiger partial charge in [0.15, 0.2) is 0 Å². The lowest BCUT2D eigenvalue weighted by molar-refractivity contribution is 0.0514. The third-order valence-electron chi connectivity index (χ3n) is 2.94. The van der Waals surface area contributed by atoms with E-state index in [2.05, 4.69) is 21.0 Å². The molecular weight excluding hydrogens is 348 g/mol. The average Bonchev–Trinajstić information content (AvgIpc) is 2.79. The molecule has 0 unspecified atom stereocenters. The Balaban J connectivity index is 2.34. The standard InChI is InChI=1S/C16H19BrN2O3/c1-10-12(11-6-7-14(21-5)13(17)8-11)9-19(18-10)15(20)22-16(2,3)4/h6-9H,1-5H3. The summed E-state index contributed by atoms with van der Waals surface area (Å²) < 4.78 is 12.6. The molecule has 22 heavy (non-hydrogen) atoms. The number of nitrogens with zero attached hydrogens (tertiary/aromatic N) is 2. The van der Waals surface area contributed by atoms with Crippen molar-refractivity contribution in [2.24, 2.45) is 0 Å². The van der Waals surface area contributed by atoms with Crippen LogP contribution in [-0.4, -0.2) is 28.6 Å². The molecule has 6 heteroatoms. The minimum atomic E-state index is -0.555. The van der Waals surface area contributed by atoms with E-state index in [1.807, 2.05) is 45.9 Å². The third kappa shape index (κ3) is 3.68. The quantitative estimate of drug-likeness (QED) is 0.789. The van der Waals surface area contributed by atoms with E-state index in [0.717, 1.165) is 27.0 Å². The number of hydrogen-bond donors (Lipinski definition) is 0. The maximum absolute atomic E-state index is 12.1. The van der Waals surface area contributed by atoms with Crippen LogP contribution >= 0.6 is 15.9 Å². The van der Waals surface area contributed by atoms with Gasteiger partial charge in [-0.25, -0.2) is 4.79 Å². The van der Waals surface area contributed by atoms with Crippen LogP contribution in [0, 0.1) is 6.92 Å². The Morgan fingerprint density at radius 1 is 1.32 bits per heavy atom. The lowest BCUT2D eigenvalue weighted by atomic mass is 10.1. The largest absolute Gasteiger partial charge is 0.496 e. The molecule has 1 heterocycles. The number of hydrogen-bond acceptors (Lipinski definition) is 4. The Hall–Kier alpha value is -1.82. The van der Waals surface area contributed by atoms with E-state index < -0.39 is 11.7 Å². The number of rotatable bonds is 2. The first-order valence-electron chi connectivity index (χ1n) is 6.85. The predicted octanol–water partition coefficient (Wildman–Crippen LogP) is 4.41. The molecule has 0 spiro atoms. The highest BCUT2D eigenvalue weighted by Gasteiger charge is 2.20. The van der Waals surface area contributed by atoms with Gasteiger partial charge in [0.2, 0.25) is 0 Å². The van der Waals surface area contributed by atoms with Gasteiger partial charge in [-0.1, -0.05) is 6.07 Å². The predicted molar refractivity (Wildman–Crippen MR) is 88.3 cm³/mol. The van der Waals surface area contributed by atoms with Crippen molar-refractivity contribution in [2.45, 2.75) is 33.3 Å². The maximum atomic E-state index is 12.1. The number of carbonyl (C=O) groups excluding carboxylic acids is 1. The lowest BCUT2D eigenvalue weighted by Crippen LogP contribution is -2.27. The monoisotopic (exact) mass is 366 g/mol. The number of aromatic nitrogens is 2. The summed E-state index contributed by atoms with van der Waals surface area (Å²) in [6, 6.07) is 5.72. The van der Waals surface area contributed by atoms with E-state index >= 15 is 0 Å². The zero-order chi connectivity index (χ0) is 16.5. The van der Waals surface area contributed by atoms with Crippen LogP contribution < -0.4 is 4.74 Å². The molecule has 2 aromatic rings. The van der Waals surface area contributed by atoms with Crippen LogP contribution in [0.15, 0.2) is 28.9 Å². The Kier molecular flexibility index (Phi) is 4.60. The van der Waals surface area contributed by atoms with E-state index in [4.69, 9.17) is 9.47 Å². The van der Waals surface area contributed by atoms with Crippen molar-refractivity contribution in [1.82, 2.24) is 9.78 Å². The number of aryl methyl sites for hydroxylation is 1. The molecule has 0 fully saturated rings. The number of methoxy groups -OCH3 is 1. The molecule has 0 saturated heterocycles. The fraction of sp³-hybridized carbons (Fsp3) is 0.375. The first-order valence-corrected chi connectivity index (χ1v) is 7.64. The van der Waals surface area contributed by atoms with Crippen LogP contribution in [0.1, 0.15) is 26.5 Å². The molecule has 0 aliphatic carbocycles. The molecule has 118 valence electrons. The van der Waals surface area contributed by atoms with Crippen LogP contribution in [0.4, 0.5) is 4.79 Å². The second kappa shape index (κ2) is 6.12. The fourth-order valence-electron chi connectivity index (χ4n) is 1.98. The van der Waals surface area contributed by atoms with E-state index in [0.29, 0.717) is 0 Å². The molecule has 5 nitrogen and oxygen atoms in total. The highest BCUT2D eigenvalue weighted by molar-refractivity contribution is 9.10. The van der Waals surface area contributed by atoms with Gasteiger partial charge in [-0.15, -0.1) is 0 Å². The van der Waals surface area contributed by atoms with Crippen molar-refractivity contribution in [3.63, 3.8) is 0 Å². The van der Waals surface area contributed by atoms with Crippen LogP contribution in [0.25, 0.3) is 11.1 Å². The van der Waals surface area contributed by atoms with E-state index in [9.17, 15) is 4.79 Å². The van der Waals surface area contributed by atoms with Gasteiger partial charge in [-0.3, -0.25) is 0 Å².